The molecule has 2 rings (SSSR count). The highest BCUT2D eigenvalue weighted by Gasteiger charge is 1.97. The second kappa shape index (κ2) is 7.79. The van der Waals surface area contributed by atoms with Gasteiger partial charge in [-0.1, -0.05) is 12.1 Å². The first kappa shape index (κ1) is 14.7. The van der Waals surface area contributed by atoms with Crippen LogP contribution in [0.1, 0.15) is 5.56 Å². The monoisotopic (exact) mass is 286 g/mol. The molecule has 0 saturated heterocycles. The molecular weight excluding hydrogens is 271 g/mol. The SMILES string of the molecule is O=C(/C=C/c1cccnc1)NCCOc1cccc(F)c1. The average Bonchev–Trinajstić information content (AvgIpc) is 2.51. The second-order valence-corrected chi connectivity index (χ2v) is 4.22. The van der Waals surface area contributed by atoms with Crippen LogP contribution < -0.4 is 10.1 Å². The van der Waals surface area contributed by atoms with Gasteiger partial charge in [0.2, 0.25) is 5.91 Å². The third kappa shape index (κ3) is 5.44. The van der Waals surface area contributed by atoms with Crippen molar-refractivity contribution in [2.75, 3.05) is 13.2 Å². The lowest BCUT2D eigenvalue weighted by atomic mass is 10.2. The number of ether oxygens (including phenoxy) is 1. The maximum absolute atomic E-state index is 12.9. The van der Waals surface area contributed by atoms with Crippen molar-refractivity contribution in [2.45, 2.75) is 0 Å². The highest BCUT2D eigenvalue weighted by molar-refractivity contribution is 5.91. The molecule has 5 heteroatoms. The quantitative estimate of drug-likeness (QED) is 0.655. The van der Waals surface area contributed by atoms with Gasteiger partial charge in [-0.25, -0.2) is 4.39 Å². The molecule has 0 aliphatic carbocycles. The molecule has 0 radical (unpaired) electrons. The van der Waals surface area contributed by atoms with Gasteiger partial charge in [-0.05, 0) is 29.8 Å². The number of amides is 1. The summed E-state index contributed by atoms with van der Waals surface area (Å²) in [6, 6.07) is 9.52. The molecule has 0 atom stereocenters. The van der Waals surface area contributed by atoms with Gasteiger partial charge in [0.15, 0.2) is 0 Å². The summed E-state index contributed by atoms with van der Waals surface area (Å²) in [6.45, 7) is 0.614. The Bertz CT molecular complexity index is 615. The van der Waals surface area contributed by atoms with Gasteiger partial charge in [-0.2, -0.15) is 0 Å². The van der Waals surface area contributed by atoms with Crippen LogP contribution in [0.25, 0.3) is 6.08 Å². The van der Waals surface area contributed by atoms with Crippen LogP contribution in [-0.2, 0) is 4.79 Å². The summed E-state index contributed by atoms with van der Waals surface area (Å²) < 4.78 is 18.2. The van der Waals surface area contributed by atoms with Crippen molar-refractivity contribution in [3.05, 3.63) is 66.2 Å². The smallest absolute Gasteiger partial charge is 0.244 e. The highest BCUT2D eigenvalue weighted by Crippen LogP contribution is 2.11. The van der Waals surface area contributed by atoms with Gasteiger partial charge < -0.3 is 10.1 Å². The molecule has 0 unspecified atom stereocenters. The fourth-order valence-electron chi connectivity index (χ4n) is 1.61. The number of carbonyl (C=O) groups excluding carboxylic acids is 1. The summed E-state index contributed by atoms with van der Waals surface area (Å²) in [7, 11) is 0. The summed E-state index contributed by atoms with van der Waals surface area (Å²) in [5.74, 6) is -0.132. The van der Waals surface area contributed by atoms with Crippen LogP contribution in [0.4, 0.5) is 4.39 Å². The number of rotatable bonds is 6. The summed E-state index contributed by atoms with van der Waals surface area (Å²) in [5, 5.41) is 2.67. The van der Waals surface area contributed by atoms with E-state index in [2.05, 4.69) is 10.3 Å². The van der Waals surface area contributed by atoms with E-state index in [0.717, 1.165) is 5.56 Å². The minimum Gasteiger partial charge on any atom is -0.492 e. The number of halogens is 1. The number of carbonyl (C=O) groups is 1. The van der Waals surface area contributed by atoms with Crippen molar-refractivity contribution in [2.24, 2.45) is 0 Å². The zero-order chi connectivity index (χ0) is 14.9. The van der Waals surface area contributed by atoms with Crippen LogP contribution in [0.15, 0.2) is 54.9 Å². The lowest BCUT2D eigenvalue weighted by Gasteiger charge is -2.06. The Morgan fingerprint density at radius 3 is 3.00 bits per heavy atom. The van der Waals surface area contributed by atoms with Crippen LogP contribution in [0.5, 0.6) is 5.75 Å². The Kier molecular flexibility index (Phi) is 5.46. The first-order valence-corrected chi connectivity index (χ1v) is 6.48. The minimum absolute atomic E-state index is 0.221. The molecule has 0 spiro atoms. The Labute approximate surface area is 122 Å². The second-order valence-electron chi connectivity index (χ2n) is 4.22. The topological polar surface area (TPSA) is 51.2 Å². The first-order chi connectivity index (χ1) is 10.2. The first-order valence-electron chi connectivity index (χ1n) is 6.48. The van der Waals surface area contributed by atoms with Gasteiger partial charge in [0.1, 0.15) is 18.2 Å². The molecule has 1 N–H and O–H groups in total. The number of nitrogens with one attached hydrogen (secondary N) is 1. The summed E-state index contributed by atoms with van der Waals surface area (Å²) >= 11 is 0. The molecule has 21 heavy (non-hydrogen) atoms. The molecule has 0 aliphatic heterocycles. The van der Waals surface area contributed by atoms with E-state index in [-0.39, 0.29) is 18.3 Å². The molecule has 2 aromatic rings. The number of benzene rings is 1. The zero-order valence-corrected chi connectivity index (χ0v) is 11.3. The van der Waals surface area contributed by atoms with E-state index in [1.807, 2.05) is 6.07 Å². The van der Waals surface area contributed by atoms with Gasteiger partial charge >= 0.3 is 0 Å². The third-order valence-electron chi connectivity index (χ3n) is 2.58. The van der Waals surface area contributed by atoms with Crippen LogP contribution in [0.2, 0.25) is 0 Å². The Morgan fingerprint density at radius 2 is 2.24 bits per heavy atom. The maximum atomic E-state index is 12.9. The minimum atomic E-state index is -0.351. The van der Waals surface area contributed by atoms with Gasteiger partial charge in [0.05, 0.1) is 6.54 Å². The maximum Gasteiger partial charge on any atom is 0.244 e. The van der Waals surface area contributed by atoms with Gasteiger partial charge in [0.25, 0.3) is 0 Å². The lowest BCUT2D eigenvalue weighted by Crippen LogP contribution is -2.26. The third-order valence-corrected chi connectivity index (χ3v) is 2.58. The van der Waals surface area contributed by atoms with E-state index < -0.39 is 0 Å². The Hall–Kier alpha value is -2.69. The van der Waals surface area contributed by atoms with Gasteiger partial charge in [-0.15, -0.1) is 0 Å². The molecule has 0 aliphatic rings. The van der Waals surface area contributed by atoms with Crippen molar-refractivity contribution < 1.29 is 13.9 Å². The highest BCUT2D eigenvalue weighted by atomic mass is 19.1. The fraction of sp³-hybridized carbons (Fsp3) is 0.125. The number of aromatic nitrogens is 1. The molecule has 1 amide bonds. The zero-order valence-electron chi connectivity index (χ0n) is 11.3. The lowest BCUT2D eigenvalue weighted by molar-refractivity contribution is -0.116. The molecule has 108 valence electrons. The van der Waals surface area contributed by atoms with E-state index in [0.29, 0.717) is 12.3 Å². The molecule has 1 aromatic heterocycles. The Morgan fingerprint density at radius 1 is 1.33 bits per heavy atom. The standard InChI is InChI=1S/C16H15FN2O2/c17-14-4-1-5-15(11-14)21-10-9-19-16(20)7-6-13-3-2-8-18-12-13/h1-8,11-12H,9-10H2,(H,19,20)/b7-6+. The van der Waals surface area contributed by atoms with E-state index in [1.54, 1.807) is 36.7 Å². The van der Waals surface area contributed by atoms with E-state index in [9.17, 15) is 9.18 Å². The largest absolute Gasteiger partial charge is 0.492 e. The number of pyridine rings is 1. The van der Waals surface area contributed by atoms with Crippen molar-refractivity contribution in [3.8, 4) is 5.75 Å². The van der Waals surface area contributed by atoms with Crippen molar-refractivity contribution >= 4 is 12.0 Å². The molecule has 1 aromatic carbocycles. The average molecular weight is 286 g/mol. The van der Waals surface area contributed by atoms with Crippen LogP contribution in [-0.4, -0.2) is 24.0 Å². The van der Waals surface area contributed by atoms with Crippen LogP contribution in [0, 0.1) is 5.82 Å². The van der Waals surface area contributed by atoms with Crippen molar-refractivity contribution in [1.82, 2.24) is 10.3 Å². The molecule has 1 heterocycles. The molecule has 0 saturated carbocycles. The molecular formula is C16H15FN2O2. The summed E-state index contributed by atoms with van der Waals surface area (Å²) in [6.07, 6.45) is 6.44. The molecule has 4 nitrogen and oxygen atoms in total. The van der Waals surface area contributed by atoms with E-state index in [4.69, 9.17) is 4.74 Å². The summed E-state index contributed by atoms with van der Waals surface area (Å²) in [5.41, 5.74) is 0.851. The predicted octanol–water partition coefficient (Wildman–Crippen LogP) is 2.43. The van der Waals surface area contributed by atoms with Gasteiger partial charge in [0, 0.05) is 24.5 Å². The normalized spacial score (nSPS) is 10.5. The fourth-order valence-corrected chi connectivity index (χ4v) is 1.61. The number of hydrogen-bond donors (Lipinski definition) is 1. The van der Waals surface area contributed by atoms with Crippen LogP contribution >= 0.6 is 0 Å². The predicted molar refractivity (Wildman–Crippen MR) is 78.2 cm³/mol. The molecule has 0 bridgehead atoms. The van der Waals surface area contributed by atoms with Crippen molar-refractivity contribution in [3.63, 3.8) is 0 Å². The molecule has 0 fully saturated rings. The number of hydrogen-bond acceptors (Lipinski definition) is 3. The van der Waals surface area contributed by atoms with Crippen molar-refractivity contribution in [1.29, 1.82) is 0 Å². The number of nitrogens with zero attached hydrogens (tertiary/aromatic N) is 1. The van der Waals surface area contributed by atoms with Crippen LogP contribution in [0.3, 0.4) is 0 Å². The van der Waals surface area contributed by atoms with E-state index in [1.165, 1.54) is 18.2 Å². The van der Waals surface area contributed by atoms with E-state index >= 15 is 0 Å². The summed E-state index contributed by atoms with van der Waals surface area (Å²) in [4.78, 5) is 15.5. The Balaban J connectivity index is 1.69. The van der Waals surface area contributed by atoms with Gasteiger partial charge in [-0.3, -0.25) is 9.78 Å².